The summed E-state index contributed by atoms with van der Waals surface area (Å²) in [4.78, 5) is 10.9. The van der Waals surface area contributed by atoms with Gasteiger partial charge in [0.1, 0.15) is 0 Å². The summed E-state index contributed by atoms with van der Waals surface area (Å²) in [6, 6.07) is 5.45. The van der Waals surface area contributed by atoms with Crippen molar-refractivity contribution in [2.45, 2.75) is 13.0 Å². The molecule has 4 heteroatoms. The molecule has 0 radical (unpaired) electrons. The zero-order valence-electron chi connectivity index (χ0n) is 7.62. The monoisotopic (exact) mass is 213 g/mol. The molecule has 0 aromatic heterocycles. The fourth-order valence-electron chi connectivity index (χ4n) is 1.73. The fourth-order valence-corrected chi connectivity index (χ4v) is 1.73. The maximum Gasteiger partial charge on any atom is 0.335 e. The van der Waals surface area contributed by atoms with E-state index in [1.54, 1.807) is 12.1 Å². The first-order chi connectivity index (χ1) is 6.29. The Hall–Kier alpha value is -1.06. The number of benzene rings is 1. The molecule has 76 valence electrons. The molecular weight excluding hydrogens is 202 g/mol. The summed E-state index contributed by atoms with van der Waals surface area (Å²) in [5, 5.41) is 12.1. The summed E-state index contributed by atoms with van der Waals surface area (Å²) in [6.07, 6.45) is 0.817. The largest absolute Gasteiger partial charge is 0.478 e. The van der Waals surface area contributed by atoms with Gasteiger partial charge in [-0.2, -0.15) is 0 Å². The summed E-state index contributed by atoms with van der Waals surface area (Å²) in [7, 11) is 0. The van der Waals surface area contributed by atoms with Gasteiger partial charge in [-0.25, -0.2) is 4.79 Å². The third-order valence-corrected chi connectivity index (χ3v) is 2.37. The number of carboxylic acid groups (broad SMARTS) is 1. The van der Waals surface area contributed by atoms with Crippen molar-refractivity contribution < 1.29 is 9.90 Å². The first-order valence-electron chi connectivity index (χ1n) is 4.34. The number of carbonyl (C=O) groups is 1. The van der Waals surface area contributed by atoms with E-state index >= 15 is 0 Å². The van der Waals surface area contributed by atoms with Gasteiger partial charge in [-0.15, -0.1) is 12.4 Å². The van der Waals surface area contributed by atoms with Crippen LogP contribution in [0.25, 0.3) is 0 Å². The minimum absolute atomic E-state index is 0. The van der Waals surface area contributed by atoms with Crippen LogP contribution >= 0.6 is 12.4 Å². The molecule has 3 nitrogen and oxygen atoms in total. The summed E-state index contributed by atoms with van der Waals surface area (Å²) in [5.74, 6) is -0.821. The number of rotatable bonds is 1. The average Bonchev–Trinajstić information content (AvgIpc) is 2.17. The van der Waals surface area contributed by atoms with E-state index in [1.807, 2.05) is 6.07 Å². The Bertz CT molecular complexity index is 352. The molecule has 14 heavy (non-hydrogen) atoms. The van der Waals surface area contributed by atoms with Crippen molar-refractivity contribution in [3.63, 3.8) is 0 Å². The normalized spacial score (nSPS) is 14.0. The first kappa shape index (κ1) is 11.0. The van der Waals surface area contributed by atoms with Crippen molar-refractivity contribution in [1.82, 2.24) is 5.32 Å². The van der Waals surface area contributed by atoms with Crippen LogP contribution in [0, 0.1) is 0 Å². The van der Waals surface area contributed by atoms with E-state index in [1.165, 1.54) is 0 Å². The molecule has 0 atom stereocenters. The van der Waals surface area contributed by atoms with E-state index in [0.29, 0.717) is 5.56 Å². The maximum absolute atomic E-state index is 10.9. The van der Waals surface area contributed by atoms with Crippen LogP contribution in [0.15, 0.2) is 18.2 Å². The van der Waals surface area contributed by atoms with E-state index in [9.17, 15) is 4.79 Å². The predicted octanol–water partition coefficient (Wildman–Crippen LogP) is 1.45. The molecule has 1 heterocycles. The highest BCUT2D eigenvalue weighted by Crippen LogP contribution is 2.18. The van der Waals surface area contributed by atoms with Gasteiger partial charge in [-0.05, 0) is 30.2 Å². The van der Waals surface area contributed by atoms with Gasteiger partial charge < -0.3 is 10.4 Å². The first-order valence-corrected chi connectivity index (χ1v) is 4.34. The van der Waals surface area contributed by atoms with Crippen LogP contribution in [0.3, 0.4) is 0 Å². The number of halogens is 1. The second-order valence-electron chi connectivity index (χ2n) is 3.18. The summed E-state index contributed by atoms with van der Waals surface area (Å²) < 4.78 is 0. The molecule has 0 aliphatic carbocycles. The van der Waals surface area contributed by atoms with Gasteiger partial charge in [0.25, 0.3) is 0 Å². The van der Waals surface area contributed by atoms with Crippen molar-refractivity contribution in [3.05, 3.63) is 34.9 Å². The Balaban J connectivity index is 0.000000980. The Morgan fingerprint density at radius 2 is 2.21 bits per heavy atom. The van der Waals surface area contributed by atoms with Gasteiger partial charge >= 0.3 is 5.97 Å². The molecule has 0 unspecified atom stereocenters. The van der Waals surface area contributed by atoms with Crippen molar-refractivity contribution in [3.8, 4) is 0 Å². The predicted molar refractivity (Wildman–Crippen MR) is 56.1 cm³/mol. The van der Waals surface area contributed by atoms with Gasteiger partial charge in [0.2, 0.25) is 0 Å². The molecule has 1 aliphatic heterocycles. The summed E-state index contributed by atoms with van der Waals surface area (Å²) in [5.41, 5.74) is 2.57. The quantitative estimate of drug-likeness (QED) is 0.743. The topological polar surface area (TPSA) is 49.3 Å². The van der Waals surface area contributed by atoms with E-state index in [-0.39, 0.29) is 12.4 Å². The molecule has 2 N–H and O–H groups in total. The molecule has 0 saturated heterocycles. The number of hydrogen-bond donors (Lipinski definition) is 2. The van der Waals surface area contributed by atoms with Gasteiger partial charge in [-0.1, -0.05) is 12.1 Å². The van der Waals surface area contributed by atoms with Gasteiger partial charge in [-0.3, -0.25) is 0 Å². The smallest absolute Gasteiger partial charge is 0.335 e. The molecule has 0 fully saturated rings. The molecule has 0 saturated carbocycles. The molecule has 2 rings (SSSR count). The standard InChI is InChI=1S/C10H11NO2.ClH/c12-10(13)9-3-1-2-7-6-11-5-4-8(7)9;/h1-3,11H,4-6H2,(H,12,13);1H. The van der Waals surface area contributed by atoms with Crippen LogP contribution in [0.1, 0.15) is 21.5 Å². The van der Waals surface area contributed by atoms with Crippen LogP contribution in [0.2, 0.25) is 0 Å². The lowest BCUT2D eigenvalue weighted by Crippen LogP contribution is -2.25. The van der Waals surface area contributed by atoms with Crippen LogP contribution in [-0.4, -0.2) is 17.6 Å². The SMILES string of the molecule is Cl.O=C(O)c1cccc2c1CCNC2. The van der Waals surface area contributed by atoms with E-state index in [4.69, 9.17) is 5.11 Å². The second kappa shape index (κ2) is 4.44. The van der Waals surface area contributed by atoms with Crippen LogP contribution in [-0.2, 0) is 13.0 Å². The Labute approximate surface area is 88.5 Å². The van der Waals surface area contributed by atoms with Crippen LogP contribution < -0.4 is 5.32 Å². The second-order valence-corrected chi connectivity index (χ2v) is 3.18. The summed E-state index contributed by atoms with van der Waals surface area (Å²) in [6.45, 7) is 1.66. The molecular formula is C10H12ClNO2. The van der Waals surface area contributed by atoms with Crippen molar-refractivity contribution in [2.75, 3.05) is 6.54 Å². The Morgan fingerprint density at radius 1 is 1.43 bits per heavy atom. The van der Waals surface area contributed by atoms with Crippen molar-refractivity contribution in [2.24, 2.45) is 0 Å². The number of aromatic carboxylic acids is 1. The number of hydrogen-bond acceptors (Lipinski definition) is 2. The average molecular weight is 214 g/mol. The van der Waals surface area contributed by atoms with Crippen LogP contribution in [0.4, 0.5) is 0 Å². The fraction of sp³-hybridized carbons (Fsp3) is 0.300. The zero-order valence-corrected chi connectivity index (χ0v) is 8.43. The Morgan fingerprint density at radius 3 is 2.93 bits per heavy atom. The van der Waals surface area contributed by atoms with Crippen LogP contribution in [0.5, 0.6) is 0 Å². The third-order valence-electron chi connectivity index (χ3n) is 2.37. The molecule has 1 aliphatic rings. The molecule has 0 bridgehead atoms. The van der Waals surface area contributed by atoms with Gasteiger partial charge in [0.15, 0.2) is 0 Å². The van der Waals surface area contributed by atoms with E-state index in [0.717, 1.165) is 30.6 Å². The highest BCUT2D eigenvalue weighted by molar-refractivity contribution is 5.89. The third kappa shape index (κ3) is 1.89. The molecule has 1 aromatic rings. The number of fused-ring (bicyclic) bond motifs is 1. The summed E-state index contributed by atoms with van der Waals surface area (Å²) >= 11 is 0. The maximum atomic E-state index is 10.9. The number of nitrogens with one attached hydrogen (secondary N) is 1. The van der Waals surface area contributed by atoms with E-state index in [2.05, 4.69) is 5.32 Å². The van der Waals surface area contributed by atoms with Gasteiger partial charge in [0.05, 0.1) is 5.56 Å². The lowest BCUT2D eigenvalue weighted by Gasteiger charge is -2.18. The minimum atomic E-state index is -0.821. The minimum Gasteiger partial charge on any atom is -0.478 e. The molecule has 0 amide bonds. The highest BCUT2D eigenvalue weighted by Gasteiger charge is 2.15. The highest BCUT2D eigenvalue weighted by atomic mass is 35.5. The Kier molecular flexibility index (Phi) is 3.49. The van der Waals surface area contributed by atoms with Gasteiger partial charge in [0, 0.05) is 6.54 Å². The molecule has 1 aromatic carbocycles. The van der Waals surface area contributed by atoms with E-state index < -0.39 is 5.97 Å². The lowest BCUT2D eigenvalue weighted by atomic mass is 9.96. The van der Waals surface area contributed by atoms with Crippen molar-refractivity contribution >= 4 is 18.4 Å². The number of carboxylic acids is 1. The van der Waals surface area contributed by atoms with Crippen molar-refractivity contribution in [1.29, 1.82) is 0 Å². The zero-order chi connectivity index (χ0) is 9.26. The molecule has 0 spiro atoms. The lowest BCUT2D eigenvalue weighted by molar-refractivity contribution is 0.0695.